The van der Waals surface area contributed by atoms with Crippen LogP contribution in [0.1, 0.15) is 29.0 Å². The summed E-state index contributed by atoms with van der Waals surface area (Å²) in [6, 6.07) is 16.7. The summed E-state index contributed by atoms with van der Waals surface area (Å²) in [5.41, 5.74) is 0. The molecule has 0 atom stereocenters. The van der Waals surface area contributed by atoms with Crippen LogP contribution in [0.25, 0.3) is 10.8 Å². The Hall–Kier alpha value is -1.30. The lowest BCUT2D eigenvalue weighted by Crippen LogP contribution is -1.67. The molecule has 2 aromatic carbocycles. The third-order valence-electron chi connectivity index (χ3n) is 1.66. The fraction of sp³-hybridized carbons (Fsp3) is 0.286. The summed E-state index contributed by atoms with van der Waals surface area (Å²) < 4.78 is 6.21. The van der Waals surface area contributed by atoms with E-state index in [4.69, 9.17) is 1.37 Å². The Bertz CT molecular complexity index is 290. The van der Waals surface area contributed by atoms with Crippen LogP contribution in [0.15, 0.2) is 48.5 Å². The van der Waals surface area contributed by atoms with E-state index in [9.17, 15) is 0 Å². The van der Waals surface area contributed by atoms with Crippen molar-refractivity contribution in [2.45, 2.75) is 27.7 Å². The predicted molar refractivity (Wildman–Crippen MR) is 66.6 cm³/mol. The van der Waals surface area contributed by atoms with Crippen molar-refractivity contribution in [3.05, 3.63) is 48.5 Å². The topological polar surface area (TPSA) is 0 Å². The molecular formula is C14H20. The molecular weight excluding hydrogens is 168 g/mol. The van der Waals surface area contributed by atoms with Gasteiger partial charge in [-0.25, -0.2) is 0 Å². The van der Waals surface area contributed by atoms with Gasteiger partial charge in [0, 0.05) is 1.37 Å². The average molecular weight is 189 g/mol. The lowest BCUT2D eigenvalue weighted by Gasteiger charge is -1.92. The molecule has 0 unspecified atom stereocenters. The molecule has 0 radical (unpaired) electrons. The minimum absolute atomic E-state index is 0.500. The molecule has 0 heterocycles. The number of hydrogen-bond donors (Lipinski definition) is 0. The molecule has 14 heavy (non-hydrogen) atoms. The van der Waals surface area contributed by atoms with Gasteiger partial charge in [-0.15, -0.1) is 0 Å². The van der Waals surface area contributed by atoms with Crippen LogP contribution < -0.4 is 0 Å². The molecule has 76 valence electrons. The largest absolute Gasteiger partial charge is 0.0683 e. The molecule has 0 saturated carbocycles. The average Bonchev–Trinajstić information content (AvgIpc) is 2.33. The molecule has 0 nitrogen and oxygen atoms in total. The molecule has 0 saturated heterocycles. The molecule has 2 aromatic rings. The summed E-state index contributed by atoms with van der Waals surface area (Å²) in [4.78, 5) is 0. The zero-order valence-corrected chi connectivity index (χ0v) is 9.33. The lowest BCUT2D eigenvalue weighted by atomic mass is 10.1. The second kappa shape index (κ2) is 8.31. The molecule has 0 spiro atoms. The van der Waals surface area contributed by atoms with E-state index in [2.05, 4.69) is 48.5 Å². The molecule has 0 N–H and O–H groups in total. The fourth-order valence-electron chi connectivity index (χ4n) is 1.13. The van der Waals surface area contributed by atoms with E-state index < -0.39 is 0 Å². The zero-order valence-electron chi connectivity index (χ0n) is 10.3. The van der Waals surface area contributed by atoms with Crippen molar-refractivity contribution in [1.82, 2.24) is 0 Å². The Balaban J connectivity index is 0.000000342. The lowest BCUT2D eigenvalue weighted by molar-refractivity contribution is 1.50. The molecule has 0 aliphatic rings. The van der Waals surface area contributed by atoms with Crippen LogP contribution in [-0.2, 0) is 0 Å². The van der Waals surface area contributed by atoms with Gasteiger partial charge in [-0.2, -0.15) is 0 Å². The van der Waals surface area contributed by atoms with E-state index in [1.165, 1.54) is 10.8 Å². The molecule has 2 rings (SSSR count). The summed E-state index contributed by atoms with van der Waals surface area (Å²) >= 11 is 0. The van der Waals surface area contributed by atoms with Crippen LogP contribution in [-0.4, -0.2) is 0 Å². The summed E-state index contributed by atoms with van der Waals surface area (Å²) in [7, 11) is 0. The molecule has 0 aromatic heterocycles. The van der Waals surface area contributed by atoms with Crippen molar-refractivity contribution in [1.29, 1.82) is 0 Å². The van der Waals surface area contributed by atoms with Crippen molar-refractivity contribution in [2.75, 3.05) is 0 Å². The van der Waals surface area contributed by atoms with E-state index in [0.29, 0.717) is 6.90 Å². The van der Waals surface area contributed by atoms with Crippen molar-refractivity contribution in [3.8, 4) is 0 Å². The Morgan fingerprint density at radius 2 is 0.929 bits per heavy atom. The van der Waals surface area contributed by atoms with Crippen molar-refractivity contribution >= 4 is 10.8 Å². The first-order chi connectivity index (χ1) is 7.38. The standard InChI is InChI=1S/C10H8.2C2H6/c1-2-6-10-8-4-3-7-9(10)5-1;2*1-2/h1-8H;2*1-2H3/i;1D;. The molecule has 0 aliphatic heterocycles. The fourth-order valence-corrected chi connectivity index (χ4v) is 1.13. The molecule has 0 bridgehead atoms. The Kier molecular flexibility index (Phi) is 6.39. The van der Waals surface area contributed by atoms with Crippen LogP contribution in [0.2, 0.25) is 0 Å². The van der Waals surface area contributed by atoms with Crippen LogP contribution in [0.5, 0.6) is 0 Å². The second-order valence-electron chi connectivity index (χ2n) is 2.35. The van der Waals surface area contributed by atoms with Gasteiger partial charge in [-0.3, -0.25) is 0 Å². The van der Waals surface area contributed by atoms with E-state index in [1.54, 1.807) is 6.92 Å². The van der Waals surface area contributed by atoms with Gasteiger partial charge in [-0.1, -0.05) is 76.2 Å². The highest BCUT2D eigenvalue weighted by Gasteiger charge is 1.85. The minimum Gasteiger partial charge on any atom is -0.0683 e. The number of hydrogen-bond acceptors (Lipinski definition) is 0. The van der Waals surface area contributed by atoms with Crippen molar-refractivity contribution < 1.29 is 1.37 Å². The highest BCUT2D eigenvalue weighted by molar-refractivity contribution is 5.81. The first-order valence-corrected chi connectivity index (χ1v) is 5.11. The predicted octanol–water partition coefficient (Wildman–Crippen LogP) is 4.89. The van der Waals surface area contributed by atoms with E-state index in [1.807, 2.05) is 13.8 Å². The van der Waals surface area contributed by atoms with Crippen molar-refractivity contribution in [3.63, 3.8) is 0 Å². The second-order valence-corrected chi connectivity index (χ2v) is 2.35. The maximum Gasteiger partial charge on any atom is 0.0228 e. The zero-order chi connectivity index (χ0) is 11.5. The maximum absolute atomic E-state index is 6.21. The Labute approximate surface area is 89.0 Å². The quantitative estimate of drug-likeness (QED) is 0.553. The van der Waals surface area contributed by atoms with Gasteiger partial charge >= 0.3 is 0 Å². The summed E-state index contributed by atoms with van der Waals surface area (Å²) in [5.74, 6) is 0. The maximum atomic E-state index is 6.21. The van der Waals surface area contributed by atoms with Gasteiger partial charge in [0.25, 0.3) is 0 Å². The number of fused-ring (bicyclic) bond motifs is 1. The molecule has 0 fully saturated rings. The number of benzene rings is 2. The van der Waals surface area contributed by atoms with Gasteiger partial charge in [-0.05, 0) is 10.8 Å². The van der Waals surface area contributed by atoms with Crippen LogP contribution in [0.3, 0.4) is 0 Å². The first-order valence-electron chi connectivity index (χ1n) is 5.82. The first kappa shape index (κ1) is 10.8. The monoisotopic (exact) mass is 189 g/mol. The van der Waals surface area contributed by atoms with E-state index in [0.717, 1.165) is 0 Å². The number of rotatable bonds is 0. The summed E-state index contributed by atoms with van der Waals surface area (Å²) in [6.07, 6.45) is 0. The minimum atomic E-state index is 0.500. The van der Waals surface area contributed by atoms with Crippen molar-refractivity contribution in [2.24, 2.45) is 0 Å². The summed E-state index contributed by atoms with van der Waals surface area (Å²) in [5, 5.41) is 2.62. The van der Waals surface area contributed by atoms with E-state index in [-0.39, 0.29) is 0 Å². The summed E-state index contributed by atoms with van der Waals surface area (Å²) in [6.45, 7) is 6.29. The third-order valence-corrected chi connectivity index (χ3v) is 1.66. The van der Waals surface area contributed by atoms with Crippen LogP contribution in [0.4, 0.5) is 0 Å². The third kappa shape index (κ3) is 3.61. The molecule has 0 heteroatoms. The van der Waals surface area contributed by atoms with Crippen LogP contribution >= 0.6 is 0 Å². The molecule has 0 aliphatic carbocycles. The van der Waals surface area contributed by atoms with E-state index >= 15 is 0 Å². The smallest absolute Gasteiger partial charge is 0.0228 e. The van der Waals surface area contributed by atoms with Gasteiger partial charge in [0.2, 0.25) is 0 Å². The van der Waals surface area contributed by atoms with Gasteiger partial charge < -0.3 is 0 Å². The highest BCUT2D eigenvalue weighted by Crippen LogP contribution is 2.11. The van der Waals surface area contributed by atoms with Gasteiger partial charge in [0.15, 0.2) is 0 Å². The Morgan fingerprint density at radius 1 is 0.714 bits per heavy atom. The molecule has 0 amide bonds. The Morgan fingerprint density at radius 3 is 1.14 bits per heavy atom. The van der Waals surface area contributed by atoms with Gasteiger partial charge in [0.1, 0.15) is 0 Å². The SMILES string of the molecule is CC.[2H]CC.c1ccc2ccccc2c1. The van der Waals surface area contributed by atoms with Gasteiger partial charge in [0.05, 0.1) is 0 Å². The van der Waals surface area contributed by atoms with Crippen LogP contribution in [0, 0.1) is 0 Å². The normalized spacial score (nSPS) is 8.93. The highest BCUT2D eigenvalue weighted by atomic mass is 13.9.